The van der Waals surface area contributed by atoms with Gasteiger partial charge in [-0.3, -0.25) is 9.52 Å². The van der Waals surface area contributed by atoms with Gasteiger partial charge in [-0.2, -0.15) is 13.2 Å². The van der Waals surface area contributed by atoms with E-state index >= 15 is 0 Å². The first-order valence-corrected chi connectivity index (χ1v) is 11.2. The van der Waals surface area contributed by atoms with Gasteiger partial charge in [0.15, 0.2) is 0 Å². The van der Waals surface area contributed by atoms with Gasteiger partial charge in [0.2, 0.25) is 0 Å². The summed E-state index contributed by atoms with van der Waals surface area (Å²) in [5, 5.41) is -0.613. The van der Waals surface area contributed by atoms with Crippen molar-refractivity contribution in [1.82, 2.24) is 4.90 Å². The van der Waals surface area contributed by atoms with Gasteiger partial charge >= 0.3 is 6.18 Å². The van der Waals surface area contributed by atoms with Crippen LogP contribution < -0.4 is 4.72 Å². The minimum atomic E-state index is -4.82. The molecule has 2 aromatic rings. The highest BCUT2D eigenvalue weighted by Gasteiger charge is 2.35. The smallest absolute Gasteiger partial charge is 0.372 e. The Morgan fingerprint density at radius 2 is 1.74 bits per heavy atom. The lowest BCUT2D eigenvalue weighted by Gasteiger charge is -2.35. The Morgan fingerprint density at radius 1 is 1.13 bits per heavy atom. The van der Waals surface area contributed by atoms with E-state index in [0.29, 0.717) is 19.2 Å². The normalized spacial score (nSPS) is 19.9. The molecule has 1 aliphatic heterocycles. The Morgan fingerprint density at radius 3 is 2.35 bits per heavy atom. The highest BCUT2D eigenvalue weighted by atomic mass is 35.5. The number of alkyl halides is 3. The van der Waals surface area contributed by atoms with Crippen molar-refractivity contribution in [2.75, 3.05) is 17.8 Å². The first kappa shape index (κ1) is 23.4. The predicted molar refractivity (Wildman–Crippen MR) is 110 cm³/mol. The number of morpholine rings is 1. The molecule has 0 spiro atoms. The van der Waals surface area contributed by atoms with Gasteiger partial charge in [0, 0.05) is 13.1 Å². The average molecular weight is 477 g/mol. The Kier molecular flexibility index (Phi) is 6.54. The lowest BCUT2D eigenvalue weighted by molar-refractivity contribution is -0.137. The number of hydrogen-bond donors (Lipinski definition) is 1. The van der Waals surface area contributed by atoms with Gasteiger partial charge < -0.3 is 9.64 Å². The number of para-hydroxylation sites is 1. The SMILES string of the molecule is C[C@@H]1CN(C(=O)c2ccccc2NS(=O)(=O)c2ccc(Cl)c(C(F)(F)F)c2)C[C@@H](C)O1. The summed E-state index contributed by atoms with van der Waals surface area (Å²) in [6, 6.07) is 8.21. The molecule has 0 bridgehead atoms. The third-order valence-corrected chi connectivity index (χ3v) is 6.35. The van der Waals surface area contributed by atoms with Crippen molar-refractivity contribution in [3.8, 4) is 0 Å². The van der Waals surface area contributed by atoms with Crippen LogP contribution >= 0.6 is 11.6 Å². The van der Waals surface area contributed by atoms with E-state index in [1.165, 1.54) is 18.2 Å². The van der Waals surface area contributed by atoms with Crippen molar-refractivity contribution < 1.29 is 31.1 Å². The minimum Gasteiger partial charge on any atom is -0.372 e. The van der Waals surface area contributed by atoms with Crippen LogP contribution in [-0.2, 0) is 20.9 Å². The minimum absolute atomic E-state index is 0.0391. The number of benzene rings is 2. The number of rotatable bonds is 4. The van der Waals surface area contributed by atoms with Crippen molar-refractivity contribution in [1.29, 1.82) is 0 Å². The van der Waals surface area contributed by atoms with Crippen LogP contribution in [0.2, 0.25) is 5.02 Å². The number of nitrogens with one attached hydrogen (secondary N) is 1. The topological polar surface area (TPSA) is 75.7 Å². The van der Waals surface area contributed by atoms with Crippen molar-refractivity contribution in [3.63, 3.8) is 0 Å². The van der Waals surface area contributed by atoms with E-state index < -0.39 is 37.6 Å². The summed E-state index contributed by atoms with van der Waals surface area (Å²) in [4.78, 5) is 14.0. The second kappa shape index (κ2) is 8.68. The maximum absolute atomic E-state index is 13.1. The van der Waals surface area contributed by atoms with Crippen LogP contribution in [0.1, 0.15) is 29.8 Å². The van der Waals surface area contributed by atoms with Gasteiger partial charge in [-0.1, -0.05) is 23.7 Å². The molecule has 0 radical (unpaired) electrons. The van der Waals surface area contributed by atoms with Gasteiger partial charge in [-0.15, -0.1) is 0 Å². The van der Waals surface area contributed by atoms with Crippen LogP contribution in [0, 0.1) is 0 Å². The van der Waals surface area contributed by atoms with Gasteiger partial charge in [-0.05, 0) is 44.2 Å². The van der Waals surface area contributed by atoms with Gasteiger partial charge in [0.25, 0.3) is 15.9 Å². The highest BCUT2D eigenvalue weighted by molar-refractivity contribution is 7.92. The molecule has 2 aromatic carbocycles. The molecule has 2 atom stereocenters. The largest absolute Gasteiger partial charge is 0.417 e. The van der Waals surface area contributed by atoms with Crippen LogP contribution in [0.5, 0.6) is 0 Å². The second-order valence-electron chi connectivity index (χ2n) is 7.26. The quantitative estimate of drug-likeness (QED) is 0.709. The predicted octanol–water partition coefficient (Wildman–Crippen LogP) is 4.41. The molecule has 0 aliphatic carbocycles. The van der Waals surface area contributed by atoms with Crippen molar-refractivity contribution >= 4 is 33.2 Å². The molecule has 0 saturated carbocycles. The van der Waals surface area contributed by atoms with Crippen LogP contribution in [-0.4, -0.2) is 44.5 Å². The molecule has 0 unspecified atom stereocenters. The van der Waals surface area contributed by atoms with E-state index in [9.17, 15) is 26.4 Å². The highest BCUT2D eigenvalue weighted by Crippen LogP contribution is 2.36. The molecule has 1 heterocycles. The number of ether oxygens (including phenoxy) is 1. The number of carbonyl (C=O) groups is 1. The molecule has 168 valence electrons. The third kappa shape index (κ3) is 5.31. The van der Waals surface area contributed by atoms with Gasteiger partial charge in [0.1, 0.15) is 0 Å². The van der Waals surface area contributed by atoms with E-state index in [1.807, 2.05) is 13.8 Å². The molecular weight excluding hydrogens is 457 g/mol. The summed E-state index contributed by atoms with van der Waals surface area (Å²) in [6.07, 6.45) is -5.20. The zero-order valence-electron chi connectivity index (χ0n) is 16.6. The van der Waals surface area contributed by atoms with E-state index in [4.69, 9.17) is 16.3 Å². The van der Waals surface area contributed by atoms with E-state index in [1.54, 1.807) is 11.0 Å². The number of hydrogen-bond acceptors (Lipinski definition) is 4. The molecule has 1 saturated heterocycles. The Balaban J connectivity index is 1.93. The summed E-state index contributed by atoms with van der Waals surface area (Å²) >= 11 is 5.57. The average Bonchev–Trinajstić information content (AvgIpc) is 2.66. The summed E-state index contributed by atoms with van der Waals surface area (Å²) in [5.41, 5.74) is -1.22. The van der Waals surface area contributed by atoms with Crippen molar-refractivity contribution in [2.45, 2.75) is 37.1 Å². The maximum atomic E-state index is 13.1. The number of sulfonamides is 1. The Hall–Kier alpha value is -2.30. The van der Waals surface area contributed by atoms with Crippen molar-refractivity contribution in [3.05, 3.63) is 58.6 Å². The van der Waals surface area contributed by atoms with Crippen LogP contribution in [0.3, 0.4) is 0 Å². The fraction of sp³-hybridized carbons (Fsp3) is 0.350. The fourth-order valence-corrected chi connectivity index (χ4v) is 4.70. The molecule has 1 fully saturated rings. The van der Waals surface area contributed by atoms with Crippen LogP contribution in [0.15, 0.2) is 47.4 Å². The first-order chi connectivity index (χ1) is 14.4. The van der Waals surface area contributed by atoms with E-state index in [-0.39, 0.29) is 23.5 Å². The molecule has 1 aliphatic rings. The molecule has 1 N–H and O–H groups in total. The summed E-state index contributed by atoms with van der Waals surface area (Å²) in [5.74, 6) is -0.410. The van der Waals surface area contributed by atoms with E-state index in [0.717, 1.165) is 12.1 Å². The molecule has 3 rings (SSSR count). The van der Waals surface area contributed by atoms with Crippen LogP contribution in [0.4, 0.5) is 18.9 Å². The maximum Gasteiger partial charge on any atom is 0.417 e. The summed E-state index contributed by atoms with van der Waals surface area (Å²) < 4.78 is 72.8. The third-order valence-electron chi connectivity index (χ3n) is 4.66. The first-order valence-electron chi connectivity index (χ1n) is 9.32. The number of halogens is 4. The van der Waals surface area contributed by atoms with Gasteiger partial charge in [0.05, 0.1) is 38.9 Å². The number of anilines is 1. The second-order valence-corrected chi connectivity index (χ2v) is 9.35. The van der Waals surface area contributed by atoms with Crippen LogP contribution in [0.25, 0.3) is 0 Å². The summed E-state index contributed by atoms with van der Waals surface area (Å²) in [6.45, 7) is 4.30. The Labute approximate surface area is 183 Å². The number of carbonyl (C=O) groups excluding carboxylic acids is 1. The molecule has 11 heteroatoms. The zero-order chi connectivity index (χ0) is 23.0. The lowest BCUT2D eigenvalue weighted by Crippen LogP contribution is -2.48. The zero-order valence-corrected chi connectivity index (χ0v) is 18.2. The molecule has 1 amide bonds. The molecule has 0 aromatic heterocycles. The van der Waals surface area contributed by atoms with Gasteiger partial charge in [-0.25, -0.2) is 8.42 Å². The molecular formula is C20H20ClF3N2O4S. The molecule has 6 nitrogen and oxygen atoms in total. The van der Waals surface area contributed by atoms with Crippen molar-refractivity contribution in [2.24, 2.45) is 0 Å². The fourth-order valence-electron chi connectivity index (χ4n) is 3.37. The number of amides is 1. The molecule has 31 heavy (non-hydrogen) atoms. The lowest BCUT2D eigenvalue weighted by atomic mass is 10.1. The number of nitrogens with zero attached hydrogens (tertiary/aromatic N) is 1. The standard InChI is InChI=1S/C20H20ClF3N2O4S/c1-12-10-26(11-13(2)30-12)19(27)15-5-3-4-6-18(15)25-31(28,29)14-7-8-17(21)16(9-14)20(22,23)24/h3-9,12-13,25H,10-11H2,1-2H3/t12-,13-/m1/s1. The Bertz CT molecular complexity index is 1080. The monoisotopic (exact) mass is 476 g/mol. The summed E-state index contributed by atoms with van der Waals surface area (Å²) in [7, 11) is -4.43. The van der Waals surface area contributed by atoms with E-state index in [2.05, 4.69) is 4.72 Å².